The molecule has 0 bridgehead atoms. The number of nitrogens with two attached hydrogens (primary N) is 1. The molecule has 0 saturated heterocycles. The molecule has 5 heteroatoms. The van der Waals surface area contributed by atoms with Gasteiger partial charge in [0.1, 0.15) is 5.54 Å². The molecule has 2 aromatic rings. The fourth-order valence-electron chi connectivity index (χ4n) is 2.76. The predicted molar refractivity (Wildman–Crippen MR) is 104 cm³/mol. The number of rotatable bonds is 7. The number of hydrogen-bond acceptors (Lipinski definition) is 4. The molecule has 0 aliphatic rings. The van der Waals surface area contributed by atoms with E-state index in [1.54, 1.807) is 21.1 Å². The fraction of sp³-hybridized carbons (Fsp3) is 0.381. The van der Waals surface area contributed by atoms with E-state index in [-0.39, 0.29) is 11.3 Å². The molecule has 0 saturated carbocycles. The van der Waals surface area contributed by atoms with Crippen LogP contribution in [0, 0.1) is 0 Å². The summed E-state index contributed by atoms with van der Waals surface area (Å²) in [4.78, 5) is 12.7. The van der Waals surface area contributed by atoms with Crippen molar-refractivity contribution in [3.8, 4) is 11.5 Å². The first kappa shape index (κ1) is 19.8. The second-order valence-corrected chi connectivity index (χ2v) is 7.20. The van der Waals surface area contributed by atoms with Crippen molar-refractivity contribution >= 4 is 5.91 Å². The number of hydrogen-bond donors (Lipinski definition) is 2. The maximum Gasteiger partial charge on any atom is 0.244 e. The van der Waals surface area contributed by atoms with Gasteiger partial charge in [-0.1, -0.05) is 50.2 Å². The summed E-state index contributed by atoms with van der Waals surface area (Å²) in [6.07, 6.45) is 0. The van der Waals surface area contributed by atoms with Gasteiger partial charge in [-0.05, 0) is 30.2 Å². The standard InChI is InChI=1S/C21H28N2O3/c1-20(2,16-11-12-17(25-4)18(13-16)26-5)14-23-19(24)21(3,22)15-9-7-6-8-10-15/h6-13H,14,22H2,1-5H3,(H,23,24). The molecule has 2 aromatic carbocycles. The van der Waals surface area contributed by atoms with Crippen molar-refractivity contribution in [2.45, 2.75) is 31.7 Å². The second-order valence-electron chi connectivity index (χ2n) is 7.20. The van der Waals surface area contributed by atoms with Crippen LogP contribution in [0.15, 0.2) is 48.5 Å². The van der Waals surface area contributed by atoms with E-state index in [1.807, 2.05) is 48.5 Å². The van der Waals surface area contributed by atoms with Gasteiger partial charge in [0.25, 0.3) is 0 Å². The minimum Gasteiger partial charge on any atom is -0.493 e. The number of carbonyl (C=O) groups excluding carboxylic acids is 1. The Morgan fingerprint density at radius 1 is 0.962 bits per heavy atom. The van der Waals surface area contributed by atoms with Gasteiger partial charge in [0.05, 0.1) is 14.2 Å². The first-order valence-electron chi connectivity index (χ1n) is 8.57. The highest BCUT2D eigenvalue weighted by Gasteiger charge is 2.32. The normalized spacial score (nSPS) is 13.6. The Morgan fingerprint density at radius 3 is 2.15 bits per heavy atom. The highest BCUT2D eigenvalue weighted by atomic mass is 16.5. The van der Waals surface area contributed by atoms with Crippen molar-refractivity contribution in [1.29, 1.82) is 0 Å². The van der Waals surface area contributed by atoms with E-state index in [4.69, 9.17) is 15.2 Å². The highest BCUT2D eigenvalue weighted by molar-refractivity contribution is 5.87. The molecule has 140 valence electrons. The monoisotopic (exact) mass is 356 g/mol. The van der Waals surface area contributed by atoms with Gasteiger partial charge >= 0.3 is 0 Å². The zero-order valence-electron chi connectivity index (χ0n) is 16.1. The Balaban J connectivity index is 2.13. The summed E-state index contributed by atoms with van der Waals surface area (Å²) in [7, 11) is 3.21. The third-order valence-electron chi connectivity index (χ3n) is 4.70. The number of amides is 1. The summed E-state index contributed by atoms with van der Waals surface area (Å²) in [6, 6.07) is 15.2. The summed E-state index contributed by atoms with van der Waals surface area (Å²) in [5.74, 6) is 1.13. The molecule has 0 radical (unpaired) electrons. The lowest BCUT2D eigenvalue weighted by Crippen LogP contribution is -2.51. The van der Waals surface area contributed by atoms with E-state index < -0.39 is 5.54 Å². The largest absolute Gasteiger partial charge is 0.493 e. The van der Waals surface area contributed by atoms with E-state index >= 15 is 0 Å². The minimum atomic E-state index is -1.09. The number of carbonyl (C=O) groups is 1. The van der Waals surface area contributed by atoms with Crippen molar-refractivity contribution < 1.29 is 14.3 Å². The van der Waals surface area contributed by atoms with Crippen LogP contribution in [0.4, 0.5) is 0 Å². The van der Waals surface area contributed by atoms with Gasteiger partial charge in [-0.15, -0.1) is 0 Å². The molecule has 0 spiro atoms. The Bertz CT molecular complexity index is 755. The number of nitrogens with one attached hydrogen (secondary N) is 1. The van der Waals surface area contributed by atoms with Crippen molar-refractivity contribution in [2.24, 2.45) is 5.73 Å². The third kappa shape index (κ3) is 4.17. The van der Waals surface area contributed by atoms with Crippen LogP contribution in [0.5, 0.6) is 11.5 Å². The molecule has 0 aromatic heterocycles. The zero-order chi connectivity index (χ0) is 19.4. The molecule has 0 fully saturated rings. The van der Waals surface area contributed by atoms with Gasteiger partial charge in [-0.25, -0.2) is 0 Å². The van der Waals surface area contributed by atoms with E-state index in [1.165, 1.54) is 0 Å². The van der Waals surface area contributed by atoms with Gasteiger partial charge in [0, 0.05) is 12.0 Å². The SMILES string of the molecule is COc1ccc(C(C)(C)CNC(=O)C(C)(N)c2ccccc2)cc1OC. The van der Waals surface area contributed by atoms with Crippen molar-refractivity contribution in [3.63, 3.8) is 0 Å². The van der Waals surface area contributed by atoms with Crippen LogP contribution < -0.4 is 20.5 Å². The maximum absolute atomic E-state index is 12.7. The Labute approximate surface area is 155 Å². The molecule has 0 heterocycles. The van der Waals surface area contributed by atoms with Crippen LogP contribution in [0.25, 0.3) is 0 Å². The van der Waals surface area contributed by atoms with Crippen LogP contribution >= 0.6 is 0 Å². The quantitative estimate of drug-likeness (QED) is 0.800. The molecular weight excluding hydrogens is 328 g/mol. The second kappa shape index (κ2) is 7.79. The van der Waals surface area contributed by atoms with Crippen LogP contribution in [0.3, 0.4) is 0 Å². The lowest BCUT2D eigenvalue weighted by molar-refractivity contribution is -0.126. The average Bonchev–Trinajstić information content (AvgIpc) is 2.66. The van der Waals surface area contributed by atoms with Gasteiger partial charge in [0.2, 0.25) is 5.91 Å². The van der Waals surface area contributed by atoms with Crippen molar-refractivity contribution in [2.75, 3.05) is 20.8 Å². The first-order valence-corrected chi connectivity index (χ1v) is 8.57. The van der Waals surface area contributed by atoms with E-state index in [0.717, 1.165) is 11.1 Å². The molecule has 1 amide bonds. The summed E-state index contributed by atoms with van der Waals surface area (Å²) in [5.41, 5.74) is 6.71. The zero-order valence-corrected chi connectivity index (χ0v) is 16.1. The van der Waals surface area contributed by atoms with Crippen LogP contribution in [0.1, 0.15) is 31.9 Å². The average molecular weight is 356 g/mol. The molecule has 1 unspecified atom stereocenters. The lowest BCUT2D eigenvalue weighted by atomic mass is 9.83. The summed E-state index contributed by atoms with van der Waals surface area (Å²) >= 11 is 0. The molecule has 0 aliphatic heterocycles. The topological polar surface area (TPSA) is 73.6 Å². The lowest BCUT2D eigenvalue weighted by Gasteiger charge is -2.30. The maximum atomic E-state index is 12.7. The Hall–Kier alpha value is -2.53. The van der Waals surface area contributed by atoms with Gasteiger partial charge in [0.15, 0.2) is 11.5 Å². The number of benzene rings is 2. The molecule has 5 nitrogen and oxygen atoms in total. The van der Waals surface area contributed by atoms with Crippen LogP contribution in [-0.2, 0) is 15.7 Å². The number of ether oxygens (including phenoxy) is 2. The summed E-state index contributed by atoms with van der Waals surface area (Å²) in [5, 5.41) is 2.99. The molecule has 1 atom stereocenters. The molecule has 0 aliphatic carbocycles. The predicted octanol–water partition coefficient (Wildman–Crippen LogP) is 2.97. The Morgan fingerprint density at radius 2 is 1.58 bits per heavy atom. The fourth-order valence-corrected chi connectivity index (χ4v) is 2.76. The minimum absolute atomic E-state index is 0.211. The third-order valence-corrected chi connectivity index (χ3v) is 4.70. The molecule has 3 N–H and O–H groups in total. The molecule has 26 heavy (non-hydrogen) atoms. The van der Waals surface area contributed by atoms with Gasteiger partial charge in [-0.3, -0.25) is 4.79 Å². The van der Waals surface area contributed by atoms with Crippen LogP contribution in [-0.4, -0.2) is 26.7 Å². The summed E-state index contributed by atoms with van der Waals surface area (Å²) < 4.78 is 10.7. The van der Waals surface area contributed by atoms with Crippen molar-refractivity contribution in [3.05, 3.63) is 59.7 Å². The van der Waals surface area contributed by atoms with E-state index in [2.05, 4.69) is 19.2 Å². The van der Waals surface area contributed by atoms with Gasteiger partial charge < -0.3 is 20.5 Å². The Kier molecular flexibility index (Phi) is 5.93. The van der Waals surface area contributed by atoms with E-state index in [0.29, 0.717) is 18.0 Å². The molecular formula is C21H28N2O3. The smallest absolute Gasteiger partial charge is 0.244 e. The highest BCUT2D eigenvalue weighted by Crippen LogP contribution is 2.33. The summed E-state index contributed by atoms with van der Waals surface area (Å²) in [6.45, 7) is 6.29. The van der Waals surface area contributed by atoms with Crippen LogP contribution in [0.2, 0.25) is 0 Å². The van der Waals surface area contributed by atoms with Gasteiger partial charge in [-0.2, -0.15) is 0 Å². The van der Waals surface area contributed by atoms with Crippen molar-refractivity contribution in [1.82, 2.24) is 5.32 Å². The first-order chi connectivity index (χ1) is 12.2. The van der Waals surface area contributed by atoms with E-state index in [9.17, 15) is 4.79 Å². The molecule has 2 rings (SSSR count). The number of methoxy groups -OCH3 is 2.